The van der Waals surface area contributed by atoms with E-state index in [2.05, 4.69) is 27.7 Å². The van der Waals surface area contributed by atoms with Crippen LogP contribution in [0.25, 0.3) is 0 Å². The first kappa shape index (κ1) is 27.5. The van der Waals surface area contributed by atoms with Gasteiger partial charge in [0.1, 0.15) is 0 Å². The molecule has 0 bridgehead atoms. The molecule has 0 saturated heterocycles. The zero-order valence-corrected chi connectivity index (χ0v) is 19.9. The van der Waals surface area contributed by atoms with Crippen molar-refractivity contribution in [3.8, 4) is 0 Å². The van der Waals surface area contributed by atoms with Crippen molar-refractivity contribution in [1.82, 2.24) is 0 Å². The fraction of sp³-hybridized carbons (Fsp3) is 0.696. The summed E-state index contributed by atoms with van der Waals surface area (Å²) in [5.74, 6) is -1.09. The summed E-state index contributed by atoms with van der Waals surface area (Å²) in [7, 11) is -0.879. The number of carboxylic acid groups (broad SMARTS) is 1. The van der Waals surface area contributed by atoms with Crippen molar-refractivity contribution < 1.29 is 14.8 Å². The number of nitrogens with zero attached hydrogens (tertiary/aromatic N) is 1. The maximum Gasteiger partial charge on any atom is 0.335 e. The summed E-state index contributed by atoms with van der Waals surface area (Å²) in [6, 6.07) is 4.70. The van der Waals surface area contributed by atoms with Crippen molar-refractivity contribution in [3.63, 3.8) is 0 Å². The Labute approximate surface area is 177 Å². The van der Waals surface area contributed by atoms with Crippen molar-refractivity contribution >= 4 is 18.9 Å². The number of hydrogen-bond acceptors (Lipinski definition) is 3. The molecule has 1 aromatic rings. The van der Waals surface area contributed by atoms with Gasteiger partial charge in [-0.05, 0) is 12.1 Å². The molecule has 0 aliphatic heterocycles. The maximum atomic E-state index is 10.3. The van der Waals surface area contributed by atoms with E-state index in [9.17, 15) is 14.9 Å². The second kappa shape index (κ2) is 16.3. The zero-order valence-electron chi connectivity index (χ0n) is 18.9. The number of nitro groups is 1. The Morgan fingerprint density at radius 3 is 1.41 bits per heavy atom. The Kier molecular flexibility index (Phi) is 15.5. The van der Waals surface area contributed by atoms with Gasteiger partial charge in [0.25, 0.3) is 5.69 Å². The number of nitro benzene ring substituents is 1. The van der Waals surface area contributed by atoms with Crippen LogP contribution < -0.4 is 0 Å². The van der Waals surface area contributed by atoms with Crippen LogP contribution in [0.15, 0.2) is 24.3 Å². The molecule has 0 aromatic heterocycles. The first-order valence-corrected chi connectivity index (χ1v) is 14.2. The molecular weight excluding hydrogens is 385 g/mol. The second-order valence-electron chi connectivity index (χ2n) is 8.02. The Morgan fingerprint density at radius 1 is 0.828 bits per heavy atom. The van der Waals surface area contributed by atoms with E-state index in [4.69, 9.17) is 5.11 Å². The van der Waals surface area contributed by atoms with Gasteiger partial charge in [-0.2, -0.15) is 0 Å². The van der Waals surface area contributed by atoms with Crippen LogP contribution in [0.1, 0.15) is 89.4 Å². The van der Waals surface area contributed by atoms with E-state index >= 15 is 0 Å². The largest absolute Gasteiger partial charge is 0.478 e. The van der Waals surface area contributed by atoms with Gasteiger partial charge >= 0.3 is 117 Å². The minimum absolute atomic E-state index is 0.0422. The summed E-state index contributed by atoms with van der Waals surface area (Å²) in [5, 5.41) is 18.6. The molecule has 1 N–H and O–H groups in total. The van der Waals surface area contributed by atoms with E-state index in [0.29, 0.717) is 0 Å². The molecule has 0 aliphatic rings. The summed E-state index contributed by atoms with van der Waals surface area (Å²) in [6.45, 7) is 9.44. The third-order valence-corrected chi connectivity index (χ3v) is 11.2. The van der Waals surface area contributed by atoms with E-state index in [1.54, 1.807) is 24.6 Å². The SMILES string of the molecule is CCCC[PH](CCCC)(CCCC)CCCC.O=C(O)c1ccc([N+](=O)[O-])cc1. The Morgan fingerprint density at radius 2 is 1.17 bits per heavy atom. The van der Waals surface area contributed by atoms with Crippen molar-refractivity contribution in [2.75, 3.05) is 24.6 Å². The maximum absolute atomic E-state index is 10.3. The van der Waals surface area contributed by atoms with Crippen molar-refractivity contribution in [3.05, 3.63) is 39.9 Å². The third-order valence-electron chi connectivity index (χ3n) is 5.57. The molecule has 168 valence electrons. The average Bonchev–Trinajstić information content (AvgIpc) is 2.73. The van der Waals surface area contributed by atoms with Gasteiger partial charge in [0.15, 0.2) is 0 Å². The van der Waals surface area contributed by atoms with E-state index in [1.165, 1.54) is 63.5 Å². The zero-order chi connectivity index (χ0) is 22.1. The topological polar surface area (TPSA) is 80.4 Å². The first-order chi connectivity index (χ1) is 13.9. The van der Waals surface area contributed by atoms with Gasteiger partial charge in [-0.15, -0.1) is 0 Å². The molecule has 1 aromatic carbocycles. The predicted octanol–water partition coefficient (Wildman–Crippen LogP) is 7.23. The molecule has 0 radical (unpaired) electrons. The van der Waals surface area contributed by atoms with E-state index in [0.717, 1.165) is 12.1 Å². The summed E-state index contributed by atoms with van der Waals surface area (Å²) < 4.78 is 0. The van der Waals surface area contributed by atoms with Crippen molar-refractivity contribution in [2.24, 2.45) is 0 Å². The molecule has 0 spiro atoms. The molecule has 0 atom stereocenters. The molecule has 0 heterocycles. The van der Waals surface area contributed by atoms with Crippen molar-refractivity contribution in [1.29, 1.82) is 0 Å². The molecule has 1 rings (SSSR count). The number of carbonyl (C=O) groups is 1. The number of aromatic carboxylic acids is 1. The summed E-state index contributed by atoms with van der Waals surface area (Å²) in [6.07, 6.45) is 18.1. The number of benzene rings is 1. The second-order valence-corrected chi connectivity index (χ2v) is 13.0. The monoisotopic (exact) mass is 427 g/mol. The van der Waals surface area contributed by atoms with Crippen LogP contribution in [0.5, 0.6) is 0 Å². The number of non-ortho nitro benzene ring substituents is 1. The quantitative estimate of drug-likeness (QED) is 0.193. The normalized spacial score (nSPS) is 11.4. The molecule has 6 heteroatoms. The molecule has 0 fully saturated rings. The Balaban J connectivity index is 0.000000571. The Hall–Kier alpha value is -1.48. The van der Waals surface area contributed by atoms with Crippen LogP contribution in [-0.4, -0.2) is 40.6 Å². The van der Waals surface area contributed by atoms with Gasteiger partial charge in [-0.1, -0.05) is 0 Å². The van der Waals surface area contributed by atoms with Crippen LogP contribution in [0, 0.1) is 10.1 Å². The number of carboxylic acids is 1. The minimum atomic E-state index is -1.09. The van der Waals surface area contributed by atoms with E-state index in [1.807, 2.05) is 0 Å². The first-order valence-electron chi connectivity index (χ1n) is 11.3. The third kappa shape index (κ3) is 12.0. The van der Waals surface area contributed by atoms with Crippen LogP contribution in [-0.2, 0) is 0 Å². The predicted molar refractivity (Wildman–Crippen MR) is 127 cm³/mol. The van der Waals surface area contributed by atoms with Crippen LogP contribution >= 0.6 is 7.26 Å². The molecule has 29 heavy (non-hydrogen) atoms. The Bertz CT molecular complexity index is 504. The molecule has 0 saturated carbocycles. The van der Waals surface area contributed by atoms with Gasteiger partial charge < -0.3 is 5.11 Å². The average molecular weight is 428 g/mol. The van der Waals surface area contributed by atoms with Gasteiger partial charge in [0.2, 0.25) is 0 Å². The number of hydrogen-bond donors (Lipinski definition) is 1. The standard InChI is InChI=1S/C16H37P.C7H5NO4/c1-5-9-13-17(14-10-6-2,15-11-7-3)16-12-8-4;9-7(10)5-1-3-6(4-2-5)8(11)12/h17H,5-16H2,1-4H3;1-4H,(H,9,10). The van der Waals surface area contributed by atoms with E-state index < -0.39 is 18.2 Å². The van der Waals surface area contributed by atoms with Gasteiger partial charge in [0, 0.05) is 12.1 Å². The summed E-state index contributed by atoms with van der Waals surface area (Å²) in [4.78, 5) is 19.9. The van der Waals surface area contributed by atoms with Crippen LogP contribution in [0.3, 0.4) is 0 Å². The molecule has 0 unspecified atom stereocenters. The van der Waals surface area contributed by atoms with Crippen LogP contribution in [0.4, 0.5) is 5.69 Å². The summed E-state index contributed by atoms with van der Waals surface area (Å²) in [5.41, 5.74) is -0.0689. The van der Waals surface area contributed by atoms with Gasteiger partial charge in [0.05, 0.1) is 10.5 Å². The summed E-state index contributed by atoms with van der Waals surface area (Å²) >= 11 is 0. The van der Waals surface area contributed by atoms with Crippen molar-refractivity contribution in [2.45, 2.75) is 79.1 Å². The molecule has 5 nitrogen and oxygen atoms in total. The molecule has 0 aliphatic carbocycles. The molecular formula is C23H42NO4P. The minimum Gasteiger partial charge on any atom is -0.478 e. The van der Waals surface area contributed by atoms with Crippen LogP contribution in [0.2, 0.25) is 0 Å². The number of unbranched alkanes of at least 4 members (excludes halogenated alkanes) is 4. The fourth-order valence-electron chi connectivity index (χ4n) is 3.68. The van der Waals surface area contributed by atoms with E-state index in [-0.39, 0.29) is 11.3 Å². The number of rotatable bonds is 14. The van der Waals surface area contributed by atoms with Gasteiger partial charge in [-0.3, -0.25) is 10.1 Å². The molecule has 0 amide bonds. The fourth-order valence-corrected chi connectivity index (χ4v) is 9.60. The van der Waals surface area contributed by atoms with Gasteiger partial charge in [-0.25, -0.2) is 4.79 Å². The smallest absolute Gasteiger partial charge is 0.335 e.